The summed E-state index contributed by atoms with van der Waals surface area (Å²) in [6.07, 6.45) is -0.971. The van der Waals surface area contributed by atoms with Gasteiger partial charge >= 0.3 is 0 Å². The minimum Gasteiger partial charge on any atom is -0.388 e. The molecule has 0 spiro atoms. The highest BCUT2D eigenvalue weighted by Gasteiger charge is 2.29. The van der Waals surface area contributed by atoms with Crippen LogP contribution in [0.1, 0.15) is 0 Å². The SMILES string of the molecule is CS(=O)(=O)O.O=CN1C[C@@H](O)[C@H](F)C1. The molecule has 1 rings (SSSR count). The Morgan fingerprint density at radius 2 is 1.93 bits per heavy atom. The highest BCUT2D eigenvalue weighted by Crippen LogP contribution is 2.10. The highest BCUT2D eigenvalue weighted by atomic mass is 32.2. The van der Waals surface area contributed by atoms with Crippen molar-refractivity contribution in [2.45, 2.75) is 12.3 Å². The fourth-order valence-electron chi connectivity index (χ4n) is 0.861. The fraction of sp³-hybridized carbons (Fsp3) is 0.833. The topological polar surface area (TPSA) is 94.9 Å². The first kappa shape index (κ1) is 13.3. The normalized spacial score (nSPS) is 26.7. The fourth-order valence-corrected chi connectivity index (χ4v) is 0.861. The molecule has 0 aromatic rings. The molecule has 2 atom stereocenters. The number of hydrogen-bond donors (Lipinski definition) is 2. The number of carbonyl (C=O) groups is 1. The molecule has 0 radical (unpaired) electrons. The van der Waals surface area contributed by atoms with E-state index in [0.29, 0.717) is 12.7 Å². The number of amides is 1. The van der Waals surface area contributed by atoms with Gasteiger partial charge in [0.2, 0.25) is 6.41 Å². The molecule has 1 heterocycles. The molecule has 1 aliphatic heterocycles. The van der Waals surface area contributed by atoms with Crippen LogP contribution in [0.25, 0.3) is 0 Å². The third-order valence-electron chi connectivity index (χ3n) is 1.40. The maximum Gasteiger partial charge on any atom is 0.261 e. The van der Waals surface area contributed by atoms with Crippen LogP contribution in [0.3, 0.4) is 0 Å². The van der Waals surface area contributed by atoms with Crippen molar-refractivity contribution in [2.75, 3.05) is 19.3 Å². The van der Waals surface area contributed by atoms with Crippen LogP contribution in [0.4, 0.5) is 4.39 Å². The van der Waals surface area contributed by atoms with Crippen molar-refractivity contribution in [3.63, 3.8) is 0 Å². The number of aliphatic hydroxyl groups is 1. The molecule has 0 aromatic heterocycles. The number of likely N-dealkylation sites (tertiary alicyclic amines) is 1. The summed E-state index contributed by atoms with van der Waals surface area (Å²) in [5.74, 6) is 0. The Balaban J connectivity index is 0.000000292. The lowest BCUT2D eigenvalue weighted by molar-refractivity contribution is -0.117. The van der Waals surface area contributed by atoms with Crippen molar-refractivity contribution in [2.24, 2.45) is 0 Å². The summed E-state index contributed by atoms with van der Waals surface area (Å²) in [7, 11) is -3.67. The minimum absolute atomic E-state index is 0.0324. The zero-order valence-corrected chi connectivity index (χ0v) is 8.32. The molecule has 1 aliphatic rings. The molecule has 0 bridgehead atoms. The van der Waals surface area contributed by atoms with Crippen molar-refractivity contribution >= 4 is 16.5 Å². The van der Waals surface area contributed by atoms with Gasteiger partial charge in [-0.25, -0.2) is 4.39 Å². The van der Waals surface area contributed by atoms with E-state index in [-0.39, 0.29) is 13.1 Å². The lowest BCUT2D eigenvalue weighted by atomic mass is 10.3. The molecular weight excluding hydrogens is 217 g/mol. The second-order valence-electron chi connectivity index (χ2n) is 2.88. The van der Waals surface area contributed by atoms with Gasteiger partial charge in [-0.2, -0.15) is 8.42 Å². The van der Waals surface area contributed by atoms with Gasteiger partial charge in [-0.1, -0.05) is 0 Å². The Bertz CT molecular complexity index is 262. The Labute approximate surface area is 81.1 Å². The monoisotopic (exact) mass is 229 g/mol. The van der Waals surface area contributed by atoms with Crippen LogP contribution in [-0.2, 0) is 14.9 Å². The number of nitrogens with zero attached hydrogens (tertiary/aromatic N) is 1. The van der Waals surface area contributed by atoms with Crippen molar-refractivity contribution in [1.29, 1.82) is 0 Å². The number of aliphatic hydroxyl groups excluding tert-OH is 1. The zero-order chi connectivity index (χ0) is 11.4. The molecule has 8 heteroatoms. The Hall–Kier alpha value is -0.730. The molecule has 14 heavy (non-hydrogen) atoms. The zero-order valence-electron chi connectivity index (χ0n) is 7.50. The molecule has 0 aromatic carbocycles. The third-order valence-corrected chi connectivity index (χ3v) is 1.40. The summed E-state index contributed by atoms with van der Waals surface area (Å²) >= 11 is 0. The number of hydrogen-bond acceptors (Lipinski definition) is 4. The standard InChI is InChI=1S/C5H8FNO2.CH4O3S/c6-4-1-7(3-8)2-5(4)9;1-5(2,3)4/h3-5,9H,1-2H2;1H3,(H,2,3,4)/t4-,5-;/m1./s1. The van der Waals surface area contributed by atoms with Crippen LogP contribution in [0.15, 0.2) is 0 Å². The smallest absolute Gasteiger partial charge is 0.261 e. The summed E-state index contributed by atoms with van der Waals surface area (Å²) in [6.45, 7) is 0.162. The van der Waals surface area contributed by atoms with Gasteiger partial charge in [-0.05, 0) is 0 Å². The molecule has 6 nitrogen and oxygen atoms in total. The molecule has 1 fully saturated rings. The van der Waals surface area contributed by atoms with Gasteiger partial charge in [-0.3, -0.25) is 9.35 Å². The lowest BCUT2D eigenvalue weighted by Crippen LogP contribution is -2.19. The van der Waals surface area contributed by atoms with Crippen LogP contribution in [0.5, 0.6) is 0 Å². The molecule has 0 unspecified atom stereocenters. The molecule has 1 saturated heterocycles. The van der Waals surface area contributed by atoms with E-state index >= 15 is 0 Å². The van der Waals surface area contributed by atoms with E-state index in [1.807, 2.05) is 0 Å². The quantitative estimate of drug-likeness (QED) is 0.428. The van der Waals surface area contributed by atoms with Crippen LogP contribution >= 0.6 is 0 Å². The predicted octanol–water partition coefficient (Wildman–Crippen LogP) is -1.34. The van der Waals surface area contributed by atoms with Crippen molar-refractivity contribution in [3.8, 4) is 0 Å². The maximum atomic E-state index is 12.3. The summed E-state index contributed by atoms with van der Waals surface area (Å²) in [6, 6.07) is 0. The van der Waals surface area contributed by atoms with Gasteiger partial charge in [0, 0.05) is 6.54 Å². The van der Waals surface area contributed by atoms with E-state index in [1.54, 1.807) is 0 Å². The van der Waals surface area contributed by atoms with Gasteiger partial charge in [0.25, 0.3) is 10.1 Å². The Morgan fingerprint density at radius 3 is 2.07 bits per heavy atom. The van der Waals surface area contributed by atoms with E-state index in [4.69, 9.17) is 9.66 Å². The Kier molecular flexibility index (Phi) is 4.95. The number of halogens is 1. The molecule has 0 aliphatic carbocycles. The first-order valence-electron chi connectivity index (χ1n) is 3.68. The number of β-amino-alcohol motifs (C(OH)–C–C–N with tert-alkyl or cyclic N) is 1. The average Bonchev–Trinajstić information content (AvgIpc) is 2.28. The van der Waals surface area contributed by atoms with Gasteiger partial charge in [-0.15, -0.1) is 0 Å². The molecular formula is C6H12FNO5S. The van der Waals surface area contributed by atoms with Crippen LogP contribution < -0.4 is 0 Å². The number of carbonyl (C=O) groups excluding carboxylic acids is 1. The van der Waals surface area contributed by atoms with Crippen LogP contribution in [0.2, 0.25) is 0 Å². The number of alkyl halides is 1. The number of rotatable bonds is 1. The van der Waals surface area contributed by atoms with E-state index in [0.717, 1.165) is 0 Å². The van der Waals surface area contributed by atoms with Crippen LogP contribution in [-0.4, -0.2) is 61.0 Å². The first-order valence-corrected chi connectivity index (χ1v) is 5.53. The van der Waals surface area contributed by atoms with Gasteiger partial charge in [0.05, 0.1) is 12.8 Å². The summed E-state index contributed by atoms with van der Waals surface area (Å²) < 4.78 is 38.2. The van der Waals surface area contributed by atoms with Gasteiger partial charge in [0.1, 0.15) is 12.3 Å². The van der Waals surface area contributed by atoms with E-state index in [1.165, 1.54) is 4.90 Å². The Morgan fingerprint density at radius 1 is 1.50 bits per heavy atom. The molecule has 2 N–H and O–H groups in total. The summed E-state index contributed by atoms with van der Waals surface area (Å²) in [5.41, 5.74) is 0. The lowest BCUT2D eigenvalue weighted by Gasteiger charge is -2.03. The largest absolute Gasteiger partial charge is 0.388 e. The predicted molar refractivity (Wildman–Crippen MR) is 46.0 cm³/mol. The van der Waals surface area contributed by atoms with E-state index < -0.39 is 22.4 Å². The highest BCUT2D eigenvalue weighted by molar-refractivity contribution is 7.85. The molecule has 0 saturated carbocycles. The van der Waals surface area contributed by atoms with E-state index in [2.05, 4.69) is 0 Å². The summed E-state index contributed by atoms with van der Waals surface area (Å²) in [4.78, 5) is 11.2. The van der Waals surface area contributed by atoms with Crippen molar-refractivity contribution < 1.29 is 27.3 Å². The van der Waals surface area contributed by atoms with E-state index in [9.17, 15) is 17.6 Å². The molecule has 1 amide bonds. The van der Waals surface area contributed by atoms with Crippen molar-refractivity contribution in [1.82, 2.24) is 4.90 Å². The average molecular weight is 229 g/mol. The summed E-state index contributed by atoms with van der Waals surface area (Å²) in [5, 5.41) is 8.72. The molecule has 84 valence electrons. The second kappa shape index (κ2) is 5.23. The maximum absolute atomic E-state index is 12.3. The first-order chi connectivity index (χ1) is 6.24. The van der Waals surface area contributed by atoms with Crippen LogP contribution in [0, 0.1) is 0 Å². The minimum atomic E-state index is -3.67. The second-order valence-corrected chi connectivity index (χ2v) is 4.34. The third kappa shape index (κ3) is 6.75. The van der Waals surface area contributed by atoms with Crippen molar-refractivity contribution in [3.05, 3.63) is 0 Å². The van der Waals surface area contributed by atoms with Gasteiger partial charge in [0.15, 0.2) is 0 Å². The van der Waals surface area contributed by atoms with Gasteiger partial charge < -0.3 is 10.0 Å².